The number of rotatable bonds is 9. The Kier molecular flexibility index (Phi) is 12.2. The molecule has 1 radical (unpaired) electrons. The number of hydrogen-bond acceptors (Lipinski definition) is 4. The molecule has 0 saturated heterocycles. The molecule has 2 aromatic heterocycles. The van der Waals surface area contributed by atoms with Gasteiger partial charge in [0, 0.05) is 59.5 Å². The van der Waals surface area contributed by atoms with Gasteiger partial charge in [0.2, 0.25) is 0 Å². The maximum Gasteiger partial charge on any atom is 0.162 e. The average Bonchev–Trinajstić information content (AvgIpc) is 3.51. The summed E-state index contributed by atoms with van der Waals surface area (Å²) in [6.45, 7) is 8.07. The van der Waals surface area contributed by atoms with Gasteiger partial charge in [-0.3, -0.25) is 9.78 Å². The number of aliphatic hydroxyl groups is 1. The molecule has 0 unspecified atom stereocenters. The van der Waals surface area contributed by atoms with Crippen molar-refractivity contribution in [1.29, 1.82) is 0 Å². The second kappa shape index (κ2) is 16.1. The Balaban J connectivity index is 0.000000249. The zero-order valence-corrected chi connectivity index (χ0v) is 29.6. The van der Waals surface area contributed by atoms with E-state index in [4.69, 9.17) is 4.98 Å². The molecule has 0 fully saturated rings. The second-order valence-corrected chi connectivity index (χ2v) is 12.2. The van der Waals surface area contributed by atoms with E-state index in [1.807, 2.05) is 33.9 Å². The molecule has 45 heavy (non-hydrogen) atoms. The van der Waals surface area contributed by atoms with E-state index >= 15 is 0 Å². The van der Waals surface area contributed by atoms with Gasteiger partial charge in [-0.15, -0.1) is 28.9 Å². The minimum Gasteiger partial charge on any atom is -0.512 e. The van der Waals surface area contributed by atoms with Gasteiger partial charge >= 0.3 is 0 Å². The quantitative estimate of drug-likeness (QED) is 0.0687. The fourth-order valence-electron chi connectivity index (χ4n) is 5.82. The van der Waals surface area contributed by atoms with Gasteiger partial charge in [0.25, 0.3) is 0 Å². The van der Waals surface area contributed by atoms with Crippen LogP contribution in [0.3, 0.4) is 0 Å². The van der Waals surface area contributed by atoms with Crippen LogP contribution in [-0.4, -0.2) is 15.9 Å². The number of ketones is 1. The zero-order valence-electron chi connectivity index (χ0n) is 26.3. The fraction of sp³-hybridized carbons (Fsp3) is 0.250. The summed E-state index contributed by atoms with van der Waals surface area (Å²) in [4.78, 5) is 17.8. The van der Waals surface area contributed by atoms with E-state index in [1.165, 1.54) is 42.8 Å². The van der Waals surface area contributed by atoms with Gasteiger partial charge in [0.1, 0.15) is 0 Å². The largest absolute Gasteiger partial charge is 0.512 e. The van der Waals surface area contributed by atoms with Crippen molar-refractivity contribution in [3.8, 4) is 21.7 Å². The van der Waals surface area contributed by atoms with E-state index in [0.717, 1.165) is 42.3 Å². The molecule has 0 aliphatic heterocycles. The molecule has 0 saturated carbocycles. The molecule has 0 aliphatic carbocycles. The monoisotopic (exact) mass is 791 g/mol. The number of nitrogens with zero attached hydrogens (tertiary/aromatic N) is 1. The Labute approximate surface area is 284 Å². The minimum absolute atomic E-state index is 0. The van der Waals surface area contributed by atoms with E-state index in [9.17, 15) is 9.90 Å². The van der Waals surface area contributed by atoms with Crippen molar-refractivity contribution in [1.82, 2.24) is 4.98 Å². The average molecular weight is 791 g/mol. The van der Waals surface area contributed by atoms with Crippen LogP contribution >= 0.6 is 11.3 Å². The number of fused-ring (bicyclic) bond motifs is 4. The van der Waals surface area contributed by atoms with Gasteiger partial charge in [-0.2, -0.15) is 0 Å². The number of carbonyl (C=O) groups is 1. The van der Waals surface area contributed by atoms with Gasteiger partial charge in [0.15, 0.2) is 5.78 Å². The third-order valence-electron chi connectivity index (χ3n) is 8.48. The first-order chi connectivity index (χ1) is 21.5. The predicted octanol–water partition coefficient (Wildman–Crippen LogP) is 11.6. The summed E-state index contributed by atoms with van der Waals surface area (Å²) >= 11 is 1.80. The first-order valence-electron chi connectivity index (χ1n) is 15.7. The van der Waals surface area contributed by atoms with Crippen LogP contribution in [0.25, 0.3) is 53.3 Å². The molecular weight excluding hydrogens is 751 g/mol. The molecule has 6 rings (SSSR count). The summed E-state index contributed by atoms with van der Waals surface area (Å²) in [6, 6.07) is 35.6. The molecule has 0 atom stereocenters. The van der Waals surface area contributed by atoms with Crippen molar-refractivity contribution in [2.75, 3.05) is 0 Å². The van der Waals surface area contributed by atoms with Crippen LogP contribution < -0.4 is 0 Å². The molecule has 0 aliphatic rings. The fourth-order valence-corrected chi connectivity index (χ4v) is 6.97. The predicted molar refractivity (Wildman–Crippen MR) is 188 cm³/mol. The molecule has 233 valence electrons. The molecule has 1 N–H and O–H groups in total. The van der Waals surface area contributed by atoms with Crippen LogP contribution in [0, 0.1) is 17.9 Å². The molecule has 6 aromatic rings. The van der Waals surface area contributed by atoms with Crippen LogP contribution in [-0.2, 0) is 24.9 Å². The number of thiophene rings is 1. The molecule has 3 nitrogen and oxygen atoms in total. The molecule has 0 spiro atoms. The maximum atomic E-state index is 11.7. The molecular formula is C40H40IrNO2S-. The molecule has 0 bridgehead atoms. The van der Waals surface area contributed by atoms with E-state index < -0.39 is 0 Å². The molecule has 4 aromatic carbocycles. The number of pyridine rings is 1. The summed E-state index contributed by atoms with van der Waals surface area (Å²) in [5.41, 5.74) is 3.33. The standard InChI is InChI=1S/C27H16NS.C13H24O2.Ir/c1-2-8-18(9-3-1)25-17-20-14-15-28-26(27(20)29-25)24-16-19-10-4-5-11-21(19)22-12-6-7-13-23(22)24;1-5-10(6-2)12(14)9-13(15)11(7-3)8-4;/h1-15,17H;9-11,14H,5-8H2,1-4H3;/q-1;;/b;12-9-;. The van der Waals surface area contributed by atoms with Crippen LogP contribution in [0.5, 0.6) is 0 Å². The summed E-state index contributed by atoms with van der Waals surface area (Å²) in [6.07, 6.45) is 6.82. The number of aromatic nitrogens is 1. The third kappa shape index (κ3) is 7.61. The number of carbonyl (C=O) groups excluding carboxylic acids is 1. The van der Waals surface area contributed by atoms with Gasteiger partial charge < -0.3 is 5.11 Å². The van der Waals surface area contributed by atoms with Crippen LogP contribution in [0.15, 0.2) is 109 Å². The Morgan fingerprint density at radius 3 is 2.07 bits per heavy atom. The number of benzene rings is 4. The van der Waals surface area contributed by atoms with Crippen molar-refractivity contribution in [2.24, 2.45) is 11.8 Å². The first kappa shape index (κ1) is 34.2. The molecule has 0 amide bonds. The van der Waals surface area contributed by atoms with Crippen LogP contribution in [0.2, 0.25) is 0 Å². The second-order valence-electron chi connectivity index (χ2n) is 11.1. The van der Waals surface area contributed by atoms with E-state index in [2.05, 4.69) is 97.1 Å². The Morgan fingerprint density at radius 2 is 1.40 bits per heavy atom. The number of hydrogen-bond donors (Lipinski definition) is 1. The Bertz CT molecular complexity index is 1900. The normalized spacial score (nSPS) is 11.6. The van der Waals surface area contributed by atoms with E-state index in [0.29, 0.717) is 0 Å². The van der Waals surface area contributed by atoms with E-state index in [1.54, 1.807) is 11.3 Å². The van der Waals surface area contributed by atoms with Gasteiger partial charge in [-0.25, -0.2) is 0 Å². The van der Waals surface area contributed by atoms with Crippen molar-refractivity contribution in [2.45, 2.75) is 53.4 Å². The van der Waals surface area contributed by atoms with Crippen LogP contribution in [0.1, 0.15) is 53.4 Å². The maximum absolute atomic E-state index is 11.7. The smallest absolute Gasteiger partial charge is 0.162 e. The topological polar surface area (TPSA) is 50.2 Å². The number of allylic oxidation sites excluding steroid dienone is 2. The first-order valence-corrected chi connectivity index (χ1v) is 16.5. The van der Waals surface area contributed by atoms with Crippen molar-refractivity contribution in [3.63, 3.8) is 0 Å². The van der Waals surface area contributed by atoms with Gasteiger partial charge in [-0.1, -0.05) is 122 Å². The number of aliphatic hydroxyl groups excluding tert-OH is 1. The van der Waals surface area contributed by atoms with Gasteiger partial charge in [-0.05, 0) is 48.8 Å². The summed E-state index contributed by atoms with van der Waals surface area (Å²) in [5.74, 6) is 0.547. The molecule has 5 heteroatoms. The van der Waals surface area contributed by atoms with E-state index in [-0.39, 0.29) is 43.5 Å². The summed E-state index contributed by atoms with van der Waals surface area (Å²) in [5, 5.41) is 15.8. The Hall–Kier alpha value is -3.63. The van der Waals surface area contributed by atoms with Gasteiger partial charge in [0.05, 0.1) is 5.76 Å². The molecule has 2 heterocycles. The Morgan fingerprint density at radius 1 is 0.800 bits per heavy atom. The third-order valence-corrected chi connectivity index (χ3v) is 9.69. The zero-order chi connectivity index (χ0) is 31.1. The SMILES string of the molecule is CCC(CC)C(=O)/C=C(\O)C(CC)CC.[Ir].[c-]1c(-c2nccc3cc(-c4ccccc4)sc23)c2ccccc2c2ccccc12. The summed E-state index contributed by atoms with van der Waals surface area (Å²) in [7, 11) is 0. The minimum atomic E-state index is 0. The van der Waals surface area contributed by atoms with Crippen molar-refractivity contribution in [3.05, 3.63) is 115 Å². The van der Waals surface area contributed by atoms with Crippen molar-refractivity contribution < 1.29 is 30.0 Å². The van der Waals surface area contributed by atoms with Crippen LogP contribution in [0.4, 0.5) is 0 Å². The van der Waals surface area contributed by atoms with Crippen molar-refractivity contribution >= 4 is 48.8 Å². The summed E-state index contributed by atoms with van der Waals surface area (Å²) < 4.78 is 1.21.